The molecule has 2 aromatic rings. The van der Waals surface area contributed by atoms with Crippen LogP contribution in [0.25, 0.3) is 0 Å². The molecule has 0 heterocycles. The Kier molecular flexibility index (Phi) is 4.57. The summed E-state index contributed by atoms with van der Waals surface area (Å²) in [6, 6.07) is 6.16. The van der Waals surface area contributed by atoms with Gasteiger partial charge < -0.3 is 9.84 Å². The van der Waals surface area contributed by atoms with E-state index < -0.39 is 27.2 Å². The van der Waals surface area contributed by atoms with Crippen LogP contribution in [0.4, 0.5) is 8.78 Å². The van der Waals surface area contributed by atoms with Crippen molar-refractivity contribution in [2.45, 2.75) is 22.8 Å². The van der Waals surface area contributed by atoms with Crippen LogP contribution in [0, 0.1) is 5.82 Å². The minimum Gasteiger partial charge on any atom is -0.457 e. The van der Waals surface area contributed by atoms with E-state index in [4.69, 9.17) is 16.3 Å². The van der Waals surface area contributed by atoms with Crippen molar-refractivity contribution in [1.29, 1.82) is 0 Å². The standard InChI is InChI=1S/C16H14ClF2O4PS/c1-25(21,22)13-3-2-12(11-7-16(19,24)15(20)14(11)13)23-10-5-8(17)4-9(18)6-10/h2-6,15,20H,7,24H2,1H3. The van der Waals surface area contributed by atoms with Gasteiger partial charge in [0.1, 0.15) is 23.4 Å². The van der Waals surface area contributed by atoms with E-state index in [1.807, 2.05) is 9.24 Å². The maximum atomic E-state index is 14.6. The van der Waals surface area contributed by atoms with E-state index in [0.29, 0.717) is 0 Å². The summed E-state index contributed by atoms with van der Waals surface area (Å²) in [6.45, 7) is 0. The second-order valence-corrected chi connectivity index (χ2v) is 9.32. The van der Waals surface area contributed by atoms with Crippen LogP contribution < -0.4 is 4.74 Å². The molecule has 0 aliphatic heterocycles. The van der Waals surface area contributed by atoms with Crippen LogP contribution in [0.2, 0.25) is 5.02 Å². The highest BCUT2D eigenvalue weighted by Gasteiger charge is 2.46. The molecule has 25 heavy (non-hydrogen) atoms. The fourth-order valence-electron chi connectivity index (χ4n) is 2.85. The molecule has 3 atom stereocenters. The van der Waals surface area contributed by atoms with Crippen molar-refractivity contribution in [2.24, 2.45) is 0 Å². The van der Waals surface area contributed by atoms with E-state index in [9.17, 15) is 22.3 Å². The van der Waals surface area contributed by atoms with Gasteiger partial charge in [0.2, 0.25) is 0 Å². The highest BCUT2D eigenvalue weighted by atomic mass is 35.5. The lowest BCUT2D eigenvalue weighted by atomic mass is 10.1. The van der Waals surface area contributed by atoms with Gasteiger partial charge in [-0.25, -0.2) is 17.2 Å². The third kappa shape index (κ3) is 3.51. The molecule has 4 nitrogen and oxygen atoms in total. The van der Waals surface area contributed by atoms with Crippen LogP contribution in [0.5, 0.6) is 11.5 Å². The second-order valence-electron chi connectivity index (χ2n) is 5.94. The predicted molar refractivity (Wildman–Crippen MR) is 93.2 cm³/mol. The lowest BCUT2D eigenvalue weighted by Gasteiger charge is -2.18. The Morgan fingerprint density at radius 1 is 1.36 bits per heavy atom. The molecular formula is C16H14ClF2O4PS. The summed E-state index contributed by atoms with van der Waals surface area (Å²) in [6.07, 6.45) is -0.934. The molecule has 0 fully saturated rings. The van der Waals surface area contributed by atoms with Gasteiger partial charge in [0, 0.05) is 34.9 Å². The van der Waals surface area contributed by atoms with Gasteiger partial charge in [0.15, 0.2) is 15.2 Å². The molecule has 9 heteroatoms. The van der Waals surface area contributed by atoms with Crippen molar-refractivity contribution >= 4 is 30.7 Å². The summed E-state index contributed by atoms with van der Waals surface area (Å²) in [7, 11) is -1.79. The first-order chi connectivity index (χ1) is 11.5. The lowest BCUT2D eigenvalue weighted by molar-refractivity contribution is 0.0671. The third-order valence-electron chi connectivity index (χ3n) is 3.91. The van der Waals surface area contributed by atoms with Crippen molar-refractivity contribution in [3.05, 3.63) is 52.3 Å². The smallest absolute Gasteiger partial charge is 0.175 e. The first-order valence-electron chi connectivity index (χ1n) is 7.14. The van der Waals surface area contributed by atoms with Gasteiger partial charge in [-0.3, -0.25) is 0 Å². The minimum absolute atomic E-state index is 0.0417. The number of halogens is 3. The average molecular weight is 407 g/mol. The number of sulfone groups is 1. The first-order valence-corrected chi connectivity index (χ1v) is 9.99. The maximum Gasteiger partial charge on any atom is 0.175 e. The molecule has 134 valence electrons. The number of alkyl halides is 1. The van der Waals surface area contributed by atoms with Gasteiger partial charge in [-0.15, -0.1) is 0 Å². The Balaban J connectivity index is 2.15. The van der Waals surface area contributed by atoms with Crippen LogP contribution in [0.15, 0.2) is 35.2 Å². The SMILES string of the molecule is CS(=O)(=O)c1ccc(Oc2cc(F)cc(Cl)c2)c2c1C(O)C(F)(P)C2. The van der Waals surface area contributed by atoms with Crippen LogP contribution in [0.3, 0.4) is 0 Å². The summed E-state index contributed by atoms with van der Waals surface area (Å²) in [5.74, 6) is -0.406. The molecule has 1 aliphatic rings. The highest BCUT2D eigenvalue weighted by molar-refractivity contribution is 7.90. The summed E-state index contributed by atoms with van der Waals surface area (Å²) < 4.78 is 57.6. The van der Waals surface area contributed by atoms with Gasteiger partial charge in [0.05, 0.1) is 4.90 Å². The van der Waals surface area contributed by atoms with E-state index in [1.165, 1.54) is 18.2 Å². The number of hydrogen-bond donors (Lipinski definition) is 1. The maximum absolute atomic E-state index is 14.6. The quantitative estimate of drug-likeness (QED) is 0.787. The number of fused-ring (bicyclic) bond motifs is 1. The van der Waals surface area contributed by atoms with E-state index in [0.717, 1.165) is 18.4 Å². The zero-order chi connectivity index (χ0) is 18.6. The van der Waals surface area contributed by atoms with Crippen LogP contribution >= 0.6 is 20.8 Å². The summed E-state index contributed by atoms with van der Waals surface area (Å²) in [5, 5.41) is 8.23. The lowest BCUT2D eigenvalue weighted by Crippen LogP contribution is -2.20. The molecule has 0 saturated heterocycles. The Hall–Kier alpha value is -1.27. The van der Waals surface area contributed by atoms with Gasteiger partial charge in [-0.1, -0.05) is 20.8 Å². The molecule has 0 amide bonds. The molecule has 0 radical (unpaired) electrons. The Labute approximate surface area is 150 Å². The largest absolute Gasteiger partial charge is 0.457 e. The second kappa shape index (κ2) is 6.16. The third-order valence-corrected chi connectivity index (χ3v) is 5.81. The highest BCUT2D eigenvalue weighted by Crippen LogP contribution is 2.51. The van der Waals surface area contributed by atoms with Gasteiger partial charge in [0.25, 0.3) is 0 Å². The minimum atomic E-state index is -3.69. The molecule has 0 bridgehead atoms. The van der Waals surface area contributed by atoms with Crippen molar-refractivity contribution < 1.29 is 27.0 Å². The molecule has 0 saturated carbocycles. The molecule has 2 aromatic carbocycles. The molecule has 1 aliphatic carbocycles. The fraction of sp³-hybridized carbons (Fsp3) is 0.250. The van der Waals surface area contributed by atoms with Crippen molar-refractivity contribution in [1.82, 2.24) is 0 Å². The first kappa shape index (κ1) is 18.5. The number of ether oxygens (including phenoxy) is 1. The topological polar surface area (TPSA) is 63.6 Å². The van der Waals surface area contributed by atoms with E-state index >= 15 is 0 Å². The summed E-state index contributed by atoms with van der Waals surface area (Å²) in [5.41, 5.74) is 0.174. The van der Waals surface area contributed by atoms with Gasteiger partial charge in [-0.2, -0.15) is 0 Å². The molecule has 3 unspecified atom stereocenters. The molecule has 0 aromatic heterocycles. The van der Waals surface area contributed by atoms with Crippen molar-refractivity contribution in [3.63, 3.8) is 0 Å². The Morgan fingerprint density at radius 2 is 2.04 bits per heavy atom. The summed E-state index contributed by atoms with van der Waals surface area (Å²) >= 11 is 5.78. The molecular weight excluding hydrogens is 393 g/mol. The Bertz CT molecular complexity index is 943. The molecule has 3 rings (SSSR count). The Morgan fingerprint density at radius 3 is 2.64 bits per heavy atom. The van der Waals surface area contributed by atoms with Crippen molar-refractivity contribution in [2.75, 3.05) is 6.26 Å². The van der Waals surface area contributed by atoms with Crippen molar-refractivity contribution in [3.8, 4) is 11.5 Å². The zero-order valence-corrected chi connectivity index (χ0v) is 15.7. The van der Waals surface area contributed by atoms with E-state index in [-0.39, 0.29) is 39.0 Å². The molecule has 1 N–H and O–H groups in total. The predicted octanol–water partition coefficient (Wildman–Crippen LogP) is 3.81. The van der Waals surface area contributed by atoms with Crippen LogP contribution in [-0.2, 0) is 16.3 Å². The molecule has 0 spiro atoms. The van der Waals surface area contributed by atoms with E-state index in [1.54, 1.807) is 0 Å². The number of hydrogen-bond acceptors (Lipinski definition) is 4. The van der Waals surface area contributed by atoms with Gasteiger partial charge >= 0.3 is 0 Å². The number of benzene rings is 2. The van der Waals surface area contributed by atoms with Gasteiger partial charge in [-0.05, 0) is 24.3 Å². The number of rotatable bonds is 3. The van der Waals surface area contributed by atoms with Crippen LogP contribution in [-0.4, -0.2) is 25.2 Å². The summed E-state index contributed by atoms with van der Waals surface area (Å²) in [4.78, 5) is -0.165. The van der Waals surface area contributed by atoms with Crippen LogP contribution in [0.1, 0.15) is 17.2 Å². The number of aliphatic hydroxyl groups excluding tert-OH is 1. The number of aliphatic hydroxyl groups is 1. The fourth-order valence-corrected chi connectivity index (χ4v) is 4.38. The zero-order valence-electron chi connectivity index (χ0n) is 13.0. The average Bonchev–Trinajstić information content (AvgIpc) is 2.68. The normalized spacial score (nSPS) is 22.7. The monoisotopic (exact) mass is 406 g/mol. The van der Waals surface area contributed by atoms with E-state index in [2.05, 4.69) is 0 Å².